The van der Waals surface area contributed by atoms with Crippen molar-refractivity contribution >= 4 is 41.6 Å². The van der Waals surface area contributed by atoms with Gasteiger partial charge in [-0.2, -0.15) is 0 Å². The van der Waals surface area contributed by atoms with Gasteiger partial charge in [0.2, 0.25) is 5.96 Å². The maximum Gasteiger partial charge on any atom is 0.437 e. The number of aliphatic imine (C=N–C) groups is 1. The van der Waals surface area contributed by atoms with Crippen LogP contribution in [0.15, 0.2) is 41.4 Å². The predicted octanol–water partition coefficient (Wildman–Crippen LogP) is 5.08. The quantitative estimate of drug-likeness (QED) is 0.437. The molecule has 1 aliphatic carbocycles. The Morgan fingerprint density at radius 3 is 2.33 bits per heavy atom. The molecule has 1 saturated heterocycles. The lowest BCUT2D eigenvalue weighted by Gasteiger charge is -2.31. The molecule has 1 aliphatic heterocycles. The summed E-state index contributed by atoms with van der Waals surface area (Å²) in [6, 6.07) is 5.38. The normalized spacial score (nSPS) is 20.0. The standard InChI is InChI=1S/C29H31ClF2N4O7/c1-28(2,3)43-26(40)33-25-34-29(16-7-8-16,17-11-18(31)13-19(32)12-17)24(39)36(25)22(14-42-27(41)35(4)5)15-6-9-21(30)20(10-15)23(37)38/h6,9-13,16,22H,7-8,14H2,1-5H3,(H,37,38)(H,33,34,40)/t22-,29-/m1/s1. The van der Waals surface area contributed by atoms with Gasteiger partial charge in [0.15, 0.2) is 0 Å². The van der Waals surface area contributed by atoms with Crippen LogP contribution in [0.5, 0.6) is 0 Å². The van der Waals surface area contributed by atoms with E-state index >= 15 is 0 Å². The summed E-state index contributed by atoms with van der Waals surface area (Å²) in [5.41, 5.74) is -2.88. The molecule has 0 bridgehead atoms. The molecule has 0 unspecified atom stereocenters. The van der Waals surface area contributed by atoms with Crippen molar-refractivity contribution in [1.29, 1.82) is 0 Å². The van der Waals surface area contributed by atoms with Crippen molar-refractivity contribution in [2.75, 3.05) is 20.7 Å². The van der Waals surface area contributed by atoms with Gasteiger partial charge in [0.1, 0.15) is 29.4 Å². The van der Waals surface area contributed by atoms with Gasteiger partial charge in [-0.3, -0.25) is 9.69 Å². The number of halogens is 3. The van der Waals surface area contributed by atoms with Gasteiger partial charge in [-0.15, -0.1) is 4.99 Å². The third-order valence-corrected chi connectivity index (χ3v) is 7.17. The highest BCUT2D eigenvalue weighted by Gasteiger charge is 2.61. The first-order valence-corrected chi connectivity index (χ1v) is 13.7. The number of amides is 3. The number of guanidine groups is 1. The van der Waals surface area contributed by atoms with Crippen LogP contribution in [-0.4, -0.2) is 71.2 Å². The van der Waals surface area contributed by atoms with Crippen LogP contribution in [0.25, 0.3) is 0 Å². The number of aromatic carboxylic acids is 1. The average molecular weight is 621 g/mol. The molecule has 1 saturated carbocycles. The number of carboxylic acids is 1. The van der Waals surface area contributed by atoms with Crippen molar-refractivity contribution in [2.24, 2.45) is 10.9 Å². The first-order valence-electron chi connectivity index (χ1n) is 13.3. The van der Waals surface area contributed by atoms with Crippen molar-refractivity contribution in [2.45, 2.75) is 50.8 Å². The Labute approximate surface area is 251 Å². The molecule has 230 valence electrons. The number of benzene rings is 2. The Morgan fingerprint density at radius 2 is 1.79 bits per heavy atom. The number of carbonyl (C=O) groups is 4. The fourth-order valence-corrected chi connectivity index (χ4v) is 5.04. The van der Waals surface area contributed by atoms with Gasteiger partial charge < -0.3 is 24.8 Å². The van der Waals surface area contributed by atoms with Crippen molar-refractivity contribution in [3.8, 4) is 0 Å². The van der Waals surface area contributed by atoms with Crippen LogP contribution in [0.4, 0.5) is 18.4 Å². The number of nitrogens with one attached hydrogen (secondary N) is 1. The third kappa shape index (κ3) is 6.71. The molecule has 0 aromatic heterocycles. The lowest BCUT2D eigenvalue weighted by atomic mass is 9.84. The van der Waals surface area contributed by atoms with E-state index in [0.717, 1.165) is 21.9 Å². The van der Waals surface area contributed by atoms with Crippen LogP contribution in [0.2, 0.25) is 5.02 Å². The van der Waals surface area contributed by atoms with E-state index < -0.39 is 65.4 Å². The fourth-order valence-electron chi connectivity index (χ4n) is 4.84. The molecular weight excluding hydrogens is 590 g/mol. The van der Waals surface area contributed by atoms with Gasteiger partial charge in [-0.05, 0) is 74.9 Å². The highest BCUT2D eigenvalue weighted by molar-refractivity contribution is 6.33. The highest BCUT2D eigenvalue weighted by atomic mass is 35.5. The van der Waals surface area contributed by atoms with Crippen molar-refractivity contribution in [3.05, 3.63) is 69.7 Å². The molecule has 1 heterocycles. The van der Waals surface area contributed by atoms with Crippen LogP contribution in [-0.2, 0) is 19.8 Å². The molecule has 2 N–H and O–H groups in total. The zero-order valence-corrected chi connectivity index (χ0v) is 24.9. The summed E-state index contributed by atoms with van der Waals surface area (Å²) >= 11 is 6.10. The predicted molar refractivity (Wildman–Crippen MR) is 151 cm³/mol. The van der Waals surface area contributed by atoms with Gasteiger partial charge >= 0.3 is 18.2 Å². The summed E-state index contributed by atoms with van der Waals surface area (Å²) in [5.74, 6) is -4.73. The van der Waals surface area contributed by atoms with Gasteiger partial charge in [0.05, 0.1) is 16.6 Å². The summed E-state index contributed by atoms with van der Waals surface area (Å²) in [6.45, 7) is 4.33. The molecular formula is C29H31ClF2N4O7. The number of carboxylic acid groups (broad SMARTS) is 1. The third-order valence-electron chi connectivity index (χ3n) is 6.84. The molecule has 11 nitrogen and oxygen atoms in total. The summed E-state index contributed by atoms with van der Waals surface area (Å²) in [4.78, 5) is 58.0. The molecule has 0 radical (unpaired) electrons. The number of nitrogens with zero attached hydrogens (tertiary/aromatic N) is 3. The first-order chi connectivity index (χ1) is 20.0. The number of hydrogen-bond donors (Lipinski definition) is 2. The maximum absolute atomic E-state index is 14.6. The second kappa shape index (κ2) is 11.8. The minimum atomic E-state index is -1.75. The number of carbonyl (C=O) groups excluding carboxylic acids is 3. The number of ether oxygens (including phenoxy) is 2. The van der Waals surface area contributed by atoms with Gasteiger partial charge in [-0.25, -0.2) is 23.2 Å². The molecule has 2 atom stereocenters. The van der Waals surface area contributed by atoms with Crippen LogP contribution < -0.4 is 5.32 Å². The van der Waals surface area contributed by atoms with E-state index in [4.69, 9.17) is 21.1 Å². The monoisotopic (exact) mass is 620 g/mol. The minimum absolute atomic E-state index is 0.0387. The van der Waals surface area contributed by atoms with Gasteiger partial charge in [-0.1, -0.05) is 17.7 Å². The molecule has 4 rings (SSSR count). The number of rotatable bonds is 7. The van der Waals surface area contributed by atoms with Crippen LogP contribution in [0.1, 0.15) is 61.1 Å². The Hall–Kier alpha value is -4.26. The van der Waals surface area contributed by atoms with Crippen LogP contribution in [0.3, 0.4) is 0 Å². The largest absolute Gasteiger partial charge is 0.478 e. The van der Waals surface area contributed by atoms with Crippen molar-refractivity contribution < 1.29 is 42.5 Å². The van der Waals surface area contributed by atoms with E-state index in [0.29, 0.717) is 18.9 Å². The van der Waals surface area contributed by atoms with E-state index in [1.807, 2.05) is 0 Å². The summed E-state index contributed by atoms with van der Waals surface area (Å²) in [6.07, 6.45) is -0.830. The van der Waals surface area contributed by atoms with E-state index in [9.17, 15) is 33.1 Å². The summed E-state index contributed by atoms with van der Waals surface area (Å²) < 4.78 is 39.8. The molecule has 43 heavy (non-hydrogen) atoms. The Morgan fingerprint density at radius 1 is 1.16 bits per heavy atom. The fraction of sp³-hybridized carbons (Fsp3) is 0.414. The smallest absolute Gasteiger partial charge is 0.437 e. The zero-order valence-electron chi connectivity index (χ0n) is 24.1. The van der Waals surface area contributed by atoms with Crippen LogP contribution >= 0.6 is 11.6 Å². The molecule has 2 aromatic carbocycles. The van der Waals surface area contributed by atoms with E-state index in [-0.39, 0.29) is 27.7 Å². The Balaban J connectivity index is 1.93. The minimum Gasteiger partial charge on any atom is -0.478 e. The van der Waals surface area contributed by atoms with E-state index in [2.05, 4.69) is 10.3 Å². The summed E-state index contributed by atoms with van der Waals surface area (Å²) in [5, 5.41) is 12.6. The van der Waals surface area contributed by atoms with Crippen molar-refractivity contribution in [1.82, 2.24) is 15.1 Å². The summed E-state index contributed by atoms with van der Waals surface area (Å²) in [7, 11) is 2.88. The Kier molecular flexibility index (Phi) is 8.68. The highest BCUT2D eigenvalue weighted by Crippen LogP contribution is 2.50. The van der Waals surface area contributed by atoms with Crippen LogP contribution in [0, 0.1) is 17.6 Å². The van der Waals surface area contributed by atoms with Gasteiger partial charge in [0, 0.05) is 20.2 Å². The molecule has 3 amide bonds. The lowest BCUT2D eigenvalue weighted by Crippen LogP contribution is -2.47. The second-order valence-corrected chi connectivity index (χ2v) is 11.9. The Bertz CT molecular complexity index is 1490. The molecule has 2 fully saturated rings. The molecule has 2 aliphatic rings. The lowest BCUT2D eigenvalue weighted by molar-refractivity contribution is -0.134. The first kappa shape index (κ1) is 31.7. The average Bonchev–Trinajstić information content (AvgIpc) is 3.69. The molecule has 2 aromatic rings. The number of hydrogen-bond acceptors (Lipinski definition) is 6. The van der Waals surface area contributed by atoms with E-state index in [1.165, 1.54) is 32.3 Å². The van der Waals surface area contributed by atoms with Gasteiger partial charge in [0.25, 0.3) is 5.91 Å². The van der Waals surface area contributed by atoms with E-state index in [1.54, 1.807) is 20.8 Å². The molecule has 14 heteroatoms. The SMILES string of the molecule is CN(C)C(=O)OC[C@H](c1ccc(Cl)c(C(=O)O)c1)N1C(=O)[C@](c2cc(F)cc(F)c2)(C2CC2)NC1=NC(=O)OC(C)(C)C. The molecule has 0 spiro atoms. The maximum atomic E-state index is 14.6. The second-order valence-electron chi connectivity index (χ2n) is 11.5. The van der Waals surface area contributed by atoms with Crippen molar-refractivity contribution in [3.63, 3.8) is 0 Å². The topological polar surface area (TPSA) is 138 Å². The zero-order chi connectivity index (χ0) is 31.9.